The van der Waals surface area contributed by atoms with Crippen LogP contribution in [-0.2, 0) is 0 Å². The number of Topliss-reactive ketones (excluding diaryl/α,β-unsaturated/α-hetero) is 1. The molecule has 0 bridgehead atoms. The number of hydrogen-bond acceptors (Lipinski definition) is 3. The van der Waals surface area contributed by atoms with E-state index < -0.39 is 17.9 Å². The van der Waals surface area contributed by atoms with Crippen LogP contribution >= 0.6 is 0 Å². The third-order valence-corrected chi connectivity index (χ3v) is 1.82. The topological polar surface area (TPSA) is 46.5 Å². The second kappa shape index (κ2) is 4.42. The Kier molecular flexibility index (Phi) is 3.41. The van der Waals surface area contributed by atoms with E-state index in [9.17, 15) is 23.1 Å². The molecule has 0 amide bonds. The summed E-state index contributed by atoms with van der Waals surface area (Å²) < 4.78 is 39.1. The predicted octanol–water partition coefficient (Wildman–Crippen LogP) is 2.88. The van der Waals surface area contributed by atoms with E-state index in [0.717, 1.165) is 18.2 Å². The van der Waals surface area contributed by atoms with Crippen LogP contribution in [0.4, 0.5) is 13.2 Å². The SMILES string of the molecule is CCC(=O)c1ccc(OC(F)(F)F)cc1O. The summed E-state index contributed by atoms with van der Waals surface area (Å²) in [7, 11) is 0. The molecule has 0 fully saturated rings. The maximum Gasteiger partial charge on any atom is 0.573 e. The molecule has 0 aliphatic carbocycles. The van der Waals surface area contributed by atoms with Gasteiger partial charge in [0.05, 0.1) is 5.56 Å². The first kappa shape index (κ1) is 12.4. The molecular formula is C10H9F3O3. The maximum absolute atomic E-state index is 11.8. The van der Waals surface area contributed by atoms with Gasteiger partial charge in [0.25, 0.3) is 0 Å². The molecule has 16 heavy (non-hydrogen) atoms. The van der Waals surface area contributed by atoms with Gasteiger partial charge in [0.2, 0.25) is 0 Å². The Hall–Kier alpha value is -1.72. The first-order valence-electron chi connectivity index (χ1n) is 4.45. The normalized spacial score (nSPS) is 11.2. The Morgan fingerprint density at radius 1 is 1.44 bits per heavy atom. The van der Waals surface area contributed by atoms with Crippen LogP contribution in [-0.4, -0.2) is 17.3 Å². The van der Waals surface area contributed by atoms with Crippen molar-refractivity contribution >= 4 is 5.78 Å². The van der Waals surface area contributed by atoms with Crippen molar-refractivity contribution in [2.75, 3.05) is 0 Å². The molecule has 0 radical (unpaired) electrons. The average Bonchev–Trinajstić information content (AvgIpc) is 2.14. The van der Waals surface area contributed by atoms with Gasteiger partial charge in [-0.15, -0.1) is 13.2 Å². The zero-order valence-electron chi connectivity index (χ0n) is 8.34. The van der Waals surface area contributed by atoms with Crippen molar-refractivity contribution in [1.29, 1.82) is 0 Å². The number of ketones is 1. The Morgan fingerprint density at radius 2 is 2.06 bits per heavy atom. The first-order chi connectivity index (χ1) is 7.33. The molecule has 0 atom stereocenters. The number of carbonyl (C=O) groups excluding carboxylic acids is 1. The van der Waals surface area contributed by atoms with E-state index in [1.807, 2.05) is 0 Å². The lowest BCUT2D eigenvalue weighted by Crippen LogP contribution is -2.17. The Labute approximate surface area is 89.5 Å². The van der Waals surface area contributed by atoms with Gasteiger partial charge in [-0.1, -0.05) is 6.92 Å². The van der Waals surface area contributed by atoms with Crippen LogP contribution in [0.15, 0.2) is 18.2 Å². The summed E-state index contributed by atoms with van der Waals surface area (Å²) >= 11 is 0. The molecule has 0 saturated carbocycles. The second-order valence-corrected chi connectivity index (χ2v) is 3.00. The largest absolute Gasteiger partial charge is 0.573 e. The summed E-state index contributed by atoms with van der Waals surface area (Å²) in [6.45, 7) is 1.59. The standard InChI is InChI=1S/C10H9F3O3/c1-2-8(14)7-4-3-6(5-9(7)15)16-10(11,12)13/h3-5,15H,2H2,1H3. The molecular weight excluding hydrogens is 225 g/mol. The van der Waals surface area contributed by atoms with Crippen LogP contribution in [0.25, 0.3) is 0 Å². The number of alkyl halides is 3. The molecule has 0 aromatic heterocycles. The van der Waals surface area contributed by atoms with Crippen molar-refractivity contribution in [2.45, 2.75) is 19.7 Å². The highest BCUT2D eigenvalue weighted by molar-refractivity contribution is 5.98. The number of halogens is 3. The third-order valence-electron chi connectivity index (χ3n) is 1.82. The number of ether oxygens (including phenoxy) is 1. The van der Waals surface area contributed by atoms with Gasteiger partial charge in [0.1, 0.15) is 11.5 Å². The number of aromatic hydroxyl groups is 1. The third kappa shape index (κ3) is 3.15. The van der Waals surface area contributed by atoms with Crippen LogP contribution in [0.3, 0.4) is 0 Å². The fourth-order valence-electron chi connectivity index (χ4n) is 1.13. The molecule has 0 saturated heterocycles. The molecule has 6 heteroatoms. The Bertz CT molecular complexity index is 399. The summed E-state index contributed by atoms with van der Waals surface area (Å²) in [4.78, 5) is 11.2. The maximum atomic E-state index is 11.8. The minimum Gasteiger partial charge on any atom is -0.507 e. The van der Waals surface area contributed by atoms with E-state index in [-0.39, 0.29) is 17.8 Å². The van der Waals surface area contributed by atoms with Gasteiger partial charge >= 0.3 is 6.36 Å². The number of phenols is 1. The van der Waals surface area contributed by atoms with Gasteiger partial charge in [0, 0.05) is 12.5 Å². The monoisotopic (exact) mass is 234 g/mol. The molecule has 1 aromatic rings. The lowest BCUT2D eigenvalue weighted by molar-refractivity contribution is -0.274. The molecule has 1 N–H and O–H groups in total. The number of phenolic OH excluding ortho intramolecular Hbond substituents is 1. The highest BCUT2D eigenvalue weighted by atomic mass is 19.4. The molecule has 0 unspecified atom stereocenters. The van der Waals surface area contributed by atoms with Gasteiger partial charge < -0.3 is 9.84 Å². The first-order valence-corrected chi connectivity index (χ1v) is 4.45. The lowest BCUT2D eigenvalue weighted by atomic mass is 10.1. The Morgan fingerprint density at radius 3 is 2.50 bits per heavy atom. The fraction of sp³-hybridized carbons (Fsp3) is 0.300. The molecule has 0 aliphatic heterocycles. The molecule has 3 nitrogen and oxygen atoms in total. The summed E-state index contributed by atoms with van der Waals surface area (Å²) in [5.41, 5.74) is -0.0166. The van der Waals surface area contributed by atoms with Crippen molar-refractivity contribution in [3.8, 4) is 11.5 Å². The molecule has 0 aliphatic rings. The van der Waals surface area contributed by atoms with Gasteiger partial charge in [0.15, 0.2) is 5.78 Å². The van der Waals surface area contributed by atoms with E-state index in [4.69, 9.17) is 0 Å². The minimum absolute atomic E-state index is 0.0166. The van der Waals surface area contributed by atoms with Crippen LogP contribution in [0, 0.1) is 0 Å². The molecule has 88 valence electrons. The molecule has 0 spiro atoms. The zero-order valence-corrected chi connectivity index (χ0v) is 8.34. The number of rotatable bonds is 3. The summed E-state index contributed by atoms with van der Waals surface area (Å²) in [5.74, 6) is -1.43. The smallest absolute Gasteiger partial charge is 0.507 e. The van der Waals surface area contributed by atoms with Crippen LogP contribution in [0.1, 0.15) is 23.7 Å². The Balaban J connectivity index is 2.96. The summed E-state index contributed by atoms with van der Waals surface area (Å²) in [5, 5.41) is 9.32. The molecule has 1 aromatic carbocycles. The summed E-state index contributed by atoms with van der Waals surface area (Å²) in [6, 6.07) is 2.84. The average molecular weight is 234 g/mol. The van der Waals surface area contributed by atoms with Crippen molar-refractivity contribution < 1.29 is 27.8 Å². The van der Waals surface area contributed by atoms with Crippen LogP contribution < -0.4 is 4.74 Å². The number of hydrogen-bond donors (Lipinski definition) is 1. The molecule has 1 rings (SSSR count). The van der Waals surface area contributed by atoms with Crippen LogP contribution in [0.5, 0.6) is 11.5 Å². The quantitative estimate of drug-likeness (QED) is 0.818. The summed E-state index contributed by atoms with van der Waals surface area (Å²) in [6.07, 6.45) is -4.66. The van der Waals surface area contributed by atoms with Crippen molar-refractivity contribution in [2.24, 2.45) is 0 Å². The predicted molar refractivity (Wildman–Crippen MR) is 49.4 cm³/mol. The number of carbonyl (C=O) groups is 1. The van der Waals surface area contributed by atoms with Gasteiger partial charge in [-0.25, -0.2) is 0 Å². The van der Waals surface area contributed by atoms with Crippen molar-refractivity contribution in [3.63, 3.8) is 0 Å². The van der Waals surface area contributed by atoms with E-state index >= 15 is 0 Å². The van der Waals surface area contributed by atoms with Crippen molar-refractivity contribution in [1.82, 2.24) is 0 Å². The van der Waals surface area contributed by atoms with E-state index in [1.54, 1.807) is 6.92 Å². The molecule has 0 heterocycles. The minimum atomic E-state index is -4.82. The van der Waals surface area contributed by atoms with Gasteiger partial charge in [-0.05, 0) is 12.1 Å². The lowest BCUT2D eigenvalue weighted by Gasteiger charge is -2.10. The zero-order chi connectivity index (χ0) is 12.3. The second-order valence-electron chi connectivity index (χ2n) is 3.00. The fourth-order valence-corrected chi connectivity index (χ4v) is 1.13. The number of benzene rings is 1. The van der Waals surface area contributed by atoms with E-state index in [1.165, 1.54) is 0 Å². The van der Waals surface area contributed by atoms with E-state index in [0.29, 0.717) is 0 Å². The van der Waals surface area contributed by atoms with Gasteiger partial charge in [-0.2, -0.15) is 0 Å². The highest BCUT2D eigenvalue weighted by Crippen LogP contribution is 2.28. The van der Waals surface area contributed by atoms with Crippen LogP contribution in [0.2, 0.25) is 0 Å². The highest BCUT2D eigenvalue weighted by Gasteiger charge is 2.31. The van der Waals surface area contributed by atoms with E-state index in [2.05, 4.69) is 4.74 Å². The van der Waals surface area contributed by atoms with Crippen molar-refractivity contribution in [3.05, 3.63) is 23.8 Å². The van der Waals surface area contributed by atoms with Gasteiger partial charge in [-0.3, -0.25) is 4.79 Å².